The molecule has 2 aliphatic heterocycles. The molecule has 32 heavy (non-hydrogen) atoms. The van der Waals surface area contributed by atoms with E-state index < -0.39 is 52.9 Å². The third-order valence-electron chi connectivity index (χ3n) is 4.77. The number of rotatable bonds is 6. The summed E-state index contributed by atoms with van der Waals surface area (Å²) in [5.74, 6) is 3.20. The molecule has 172 valence electrons. The van der Waals surface area contributed by atoms with Gasteiger partial charge in [-0.05, 0) is 26.3 Å². The zero-order chi connectivity index (χ0) is 24.2. The molecule has 10 heteroatoms. The molecule has 9 nitrogen and oxygen atoms in total. The normalized spacial score (nSPS) is 24.0. The summed E-state index contributed by atoms with van der Waals surface area (Å²) in [7, 11) is 0. The van der Waals surface area contributed by atoms with Crippen molar-refractivity contribution in [2.45, 2.75) is 56.7 Å². The van der Waals surface area contributed by atoms with E-state index in [1.807, 2.05) is 0 Å². The van der Waals surface area contributed by atoms with Gasteiger partial charge >= 0.3 is 12.1 Å². The highest BCUT2D eigenvalue weighted by Crippen LogP contribution is 2.37. The lowest BCUT2D eigenvalue weighted by atomic mass is 9.82. The molecule has 0 radical (unpaired) electrons. The van der Waals surface area contributed by atoms with Gasteiger partial charge in [-0.1, -0.05) is 17.9 Å². The Morgan fingerprint density at radius 2 is 1.84 bits per heavy atom. The number of alkyl carbamates (subject to hydrolysis) is 1. The Hall–Kier alpha value is -3.11. The number of hydrogen-bond acceptors (Lipinski definition) is 7. The molecule has 3 amide bonds. The number of nitrogens with zero attached hydrogens (tertiary/aromatic N) is 2. The molecule has 2 rings (SSSR count). The van der Waals surface area contributed by atoms with E-state index in [1.165, 1.54) is 16.7 Å². The lowest BCUT2D eigenvalue weighted by molar-refractivity contribution is -0.161. The molecule has 0 unspecified atom stereocenters. The van der Waals surface area contributed by atoms with Crippen LogP contribution < -0.4 is 5.32 Å². The van der Waals surface area contributed by atoms with Gasteiger partial charge in [0.25, 0.3) is 5.91 Å². The van der Waals surface area contributed by atoms with Crippen LogP contribution in [0.25, 0.3) is 0 Å². The minimum absolute atomic E-state index is 0.0586. The summed E-state index contributed by atoms with van der Waals surface area (Å²) in [5.41, 5.74) is -0.367. The van der Waals surface area contributed by atoms with Crippen LogP contribution in [0, 0.1) is 24.7 Å². The molecular formula is C22H27N3O6S. The van der Waals surface area contributed by atoms with Crippen molar-refractivity contribution >= 4 is 36.5 Å². The molecular weight excluding hydrogens is 434 g/mol. The third kappa shape index (κ3) is 5.57. The van der Waals surface area contributed by atoms with Crippen LogP contribution >= 0.6 is 12.6 Å². The summed E-state index contributed by atoms with van der Waals surface area (Å²) in [6.45, 7) is 6.02. The summed E-state index contributed by atoms with van der Waals surface area (Å²) in [4.78, 5) is 52.4. The summed E-state index contributed by atoms with van der Waals surface area (Å²) >= 11 is 4.53. The Labute approximate surface area is 193 Å². The lowest BCUT2D eigenvalue weighted by Gasteiger charge is -2.55. The monoisotopic (exact) mass is 461 g/mol. The maximum Gasteiger partial charge on any atom is 0.408 e. The van der Waals surface area contributed by atoms with Crippen molar-refractivity contribution in [3.63, 3.8) is 0 Å². The van der Waals surface area contributed by atoms with Crippen LogP contribution in [0.15, 0.2) is 11.6 Å². The molecule has 0 aromatic carbocycles. The quantitative estimate of drug-likeness (QED) is 0.195. The van der Waals surface area contributed by atoms with Crippen molar-refractivity contribution < 1.29 is 28.7 Å². The average Bonchev–Trinajstić information content (AvgIpc) is 2.68. The van der Waals surface area contributed by atoms with Crippen molar-refractivity contribution in [3.05, 3.63) is 11.6 Å². The van der Waals surface area contributed by atoms with Gasteiger partial charge in [0.15, 0.2) is 0 Å². The summed E-state index contributed by atoms with van der Waals surface area (Å²) in [6.07, 6.45) is 11.6. The topological polar surface area (TPSA) is 105 Å². The van der Waals surface area contributed by atoms with Gasteiger partial charge in [0.1, 0.15) is 24.3 Å². The summed E-state index contributed by atoms with van der Waals surface area (Å²) < 4.78 is 10.3. The first-order valence-corrected chi connectivity index (χ1v) is 10.4. The first-order valence-electron chi connectivity index (χ1n) is 9.90. The SMILES string of the molecule is C#CCN(CC#C)C(=O)[C@H]1C(COC(C)=O)=C[C@@H](S)[C@H]2[C@@H](NC(=O)OC(C)(C)C)C(=O)N12. The molecule has 4 atom stereocenters. The second kappa shape index (κ2) is 10.0. The highest BCUT2D eigenvalue weighted by Gasteiger charge is 2.58. The van der Waals surface area contributed by atoms with Crippen molar-refractivity contribution in [1.29, 1.82) is 0 Å². The van der Waals surface area contributed by atoms with Crippen LogP contribution in [-0.4, -0.2) is 82.3 Å². The number of terminal acetylenes is 2. The minimum Gasteiger partial charge on any atom is -0.461 e. The number of hydrogen-bond donors (Lipinski definition) is 2. The number of amides is 3. The molecule has 0 aromatic rings. The summed E-state index contributed by atoms with van der Waals surface area (Å²) in [6, 6.07) is -2.64. The van der Waals surface area contributed by atoms with E-state index >= 15 is 0 Å². The van der Waals surface area contributed by atoms with E-state index in [1.54, 1.807) is 26.8 Å². The Morgan fingerprint density at radius 1 is 1.25 bits per heavy atom. The van der Waals surface area contributed by atoms with Crippen LogP contribution in [0.5, 0.6) is 0 Å². The Morgan fingerprint density at radius 3 is 2.34 bits per heavy atom. The van der Waals surface area contributed by atoms with Gasteiger partial charge in [-0.2, -0.15) is 12.6 Å². The van der Waals surface area contributed by atoms with Gasteiger partial charge in [-0.15, -0.1) is 12.8 Å². The number of carbonyl (C=O) groups excluding carboxylic acids is 4. The van der Waals surface area contributed by atoms with Crippen LogP contribution in [-0.2, 0) is 23.9 Å². The predicted octanol–water partition coefficient (Wildman–Crippen LogP) is 0.356. The van der Waals surface area contributed by atoms with Crippen LogP contribution in [0.3, 0.4) is 0 Å². The number of β-lactam (4-membered cyclic amide) rings is 1. The van der Waals surface area contributed by atoms with Gasteiger partial charge in [0, 0.05) is 12.2 Å². The fourth-order valence-corrected chi connectivity index (χ4v) is 4.06. The Balaban J connectivity index is 2.35. The Bertz CT molecular complexity index is 894. The maximum atomic E-state index is 13.3. The number of carbonyl (C=O) groups is 4. The lowest BCUT2D eigenvalue weighted by Crippen LogP contribution is -2.78. The van der Waals surface area contributed by atoms with Gasteiger partial charge < -0.3 is 24.6 Å². The van der Waals surface area contributed by atoms with Gasteiger partial charge in [-0.3, -0.25) is 14.4 Å². The smallest absolute Gasteiger partial charge is 0.408 e. The molecule has 1 saturated heterocycles. The molecule has 2 aliphatic rings. The molecule has 0 aromatic heterocycles. The molecule has 2 heterocycles. The number of nitrogens with one attached hydrogen (secondary N) is 1. The molecule has 0 bridgehead atoms. The molecule has 1 N–H and O–H groups in total. The summed E-state index contributed by atoms with van der Waals surface area (Å²) in [5, 5.41) is 2.02. The van der Waals surface area contributed by atoms with E-state index in [4.69, 9.17) is 22.3 Å². The van der Waals surface area contributed by atoms with E-state index in [2.05, 4.69) is 29.8 Å². The van der Waals surface area contributed by atoms with Gasteiger partial charge in [0.2, 0.25) is 5.91 Å². The van der Waals surface area contributed by atoms with Crippen LogP contribution in [0.1, 0.15) is 27.7 Å². The van der Waals surface area contributed by atoms with Crippen molar-refractivity contribution in [1.82, 2.24) is 15.1 Å². The molecule has 0 saturated carbocycles. The van der Waals surface area contributed by atoms with Crippen molar-refractivity contribution in [3.8, 4) is 24.7 Å². The van der Waals surface area contributed by atoms with E-state index in [9.17, 15) is 19.2 Å². The van der Waals surface area contributed by atoms with E-state index in [-0.39, 0.29) is 19.7 Å². The van der Waals surface area contributed by atoms with Gasteiger partial charge in [-0.25, -0.2) is 4.79 Å². The number of ether oxygens (including phenoxy) is 2. The fourth-order valence-electron chi connectivity index (χ4n) is 3.56. The van der Waals surface area contributed by atoms with Gasteiger partial charge in [0.05, 0.1) is 19.1 Å². The zero-order valence-electron chi connectivity index (χ0n) is 18.5. The molecule has 0 aliphatic carbocycles. The number of fused-ring (bicyclic) bond motifs is 1. The Kier molecular flexibility index (Phi) is 7.87. The largest absolute Gasteiger partial charge is 0.461 e. The number of thiol groups is 1. The van der Waals surface area contributed by atoms with E-state index in [0.717, 1.165) is 0 Å². The van der Waals surface area contributed by atoms with Crippen molar-refractivity contribution in [2.75, 3.05) is 19.7 Å². The predicted molar refractivity (Wildman–Crippen MR) is 119 cm³/mol. The highest BCUT2D eigenvalue weighted by molar-refractivity contribution is 7.81. The molecule has 0 spiro atoms. The zero-order valence-corrected chi connectivity index (χ0v) is 19.3. The highest BCUT2D eigenvalue weighted by atomic mass is 32.1. The number of esters is 1. The van der Waals surface area contributed by atoms with Crippen molar-refractivity contribution in [2.24, 2.45) is 0 Å². The standard InChI is InChI=1S/C22H27N3O6S/c1-7-9-24(10-8-2)20(28)17-14(12-30-13(3)26)11-15(32)18-16(19(27)25(17)18)23-21(29)31-22(4,5)6/h1-2,11,15-18,32H,9-10,12H2,3-6H3,(H,23,29)/t15-,16-,17-,18+/m1/s1. The second-order valence-electron chi connectivity index (χ2n) is 8.38. The second-order valence-corrected chi connectivity index (χ2v) is 8.97. The first kappa shape index (κ1) is 25.2. The average molecular weight is 462 g/mol. The third-order valence-corrected chi connectivity index (χ3v) is 5.23. The molecule has 1 fully saturated rings. The van der Waals surface area contributed by atoms with Crippen LogP contribution in [0.4, 0.5) is 4.79 Å². The van der Waals surface area contributed by atoms with Crippen LogP contribution in [0.2, 0.25) is 0 Å². The maximum absolute atomic E-state index is 13.3. The minimum atomic E-state index is -1.09. The first-order chi connectivity index (χ1) is 14.9. The van der Waals surface area contributed by atoms with E-state index in [0.29, 0.717) is 5.57 Å². The fraction of sp³-hybridized carbons (Fsp3) is 0.545.